The number of nitrogens with two attached hydrogens (primary N) is 1. The van der Waals surface area contributed by atoms with Crippen molar-refractivity contribution < 1.29 is 14.0 Å². The SMILES string of the molecule is Cc1cc(F)c(NCCC(C)(C)/C(N)=N/O)cc1F. The Bertz CT molecular complexity index is 487. The molecule has 0 spiro atoms. The van der Waals surface area contributed by atoms with Crippen molar-refractivity contribution >= 4 is 11.5 Å². The van der Waals surface area contributed by atoms with Crippen molar-refractivity contribution in [2.45, 2.75) is 27.2 Å². The zero-order chi connectivity index (χ0) is 14.6. The minimum absolute atomic E-state index is 0.102. The number of nitrogens with zero attached hydrogens (tertiary/aromatic N) is 1. The molecular formula is C13H19F2N3O. The number of benzene rings is 1. The van der Waals surface area contributed by atoms with Crippen molar-refractivity contribution in [1.82, 2.24) is 0 Å². The van der Waals surface area contributed by atoms with E-state index in [0.717, 1.165) is 12.1 Å². The monoisotopic (exact) mass is 271 g/mol. The molecule has 0 saturated heterocycles. The molecule has 1 aromatic carbocycles. The zero-order valence-corrected chi connectivity index (χ0v) is 11.3. The van der Waals surface area contributed by atoms with Gasteiger partial charge >= 0.3 is 0 Å². The van der Waals surface area contributed by atoms with Gasteiger partial charge < -0.3 is 16.3 Å². The molecule has 0 radical (unpaired) electrons. The van der Waals surface area contributed by atoms with Crippen molar-refractivity contribution in [2.75, 3.05) is 11.9 Å². The normalized spacial score (nSPS) is 12.6. The van der Waals surface area contributed by atoms with Crippen LogP contribution in [0.15, 0.2) is 17.3 Å². The fourth-order valence-electron chi connectivity index (χ4n) is 1.55. The molecule has 0 saturated carbocycles. The second kappa shape index (κ2) is 5.86. The largest absolute Gasteiger partial charge is 0.409 e. The molecule has 0 aliphatic carbocycles. The standard InChI is InChI=1S/C13H19F2N3O/c1-8-6-10(15)11(7-9(8)14)17-5-4-13(2,3)12(16)18-19/h6-7,17,19H,4-5H2,1-3H3,(H2,16,18). The highest BCUT2D eigenvalue weighted by Gasteiger charge is 2.23. The van der Waals surface area contributed by atoms with Crippen molar-refractivity contribution in [3.05, 3.63) is 29.3 Å². The quantitative estimate of drug-likeness (QED) is 0.334. The Morgan fingerprint density at radius 2 is 2.00 bits per heavy atom. The molecule has 0 aliphatic heterocycles. The molecule has 0 atom stereocenters. The highest BCUT2D eigenvalue weighted by atomic mass is 19.1. The second-order valence-electron chi connectivity index (χ2n) is 5.13. The first-order chi connectivity index (χ1) is 8.77. The lowest BCUT2D eigenvalue weighted by Crippen LogP contribution is -2.33. The van der Waals surface area contributed by atoms with E-state index in [9.17, 15) is 8.78 Å². The van der Waals surface area contributed by atoms with Crippen LogP contribution in [-0.4, -0.2) is 17.6 Å². The molecule has 0 unspecified atom stereocenters. The maximum Gasteiger partial charge on any atom is 0.146 e. The maximum absolute atomic E-state index is 13.6. The van der Waals surface area contributed by atoms with Crippen LogP contribution in [0.4, 0.5) is 14.5 Å². The third kappa shape index (κ3) is 3.81. The number of oxime groups is 1. The lowest BCUT2D eigenvalue weighted by Gasteiger charge is -2.23. The van der Waals surface area contributed by atoms with Crippen LogP contribution >= 0.6 is 0 Å². The minimum Gasteiger partial charge on any atom is -0.409 e. The third-order valence-corrected chi connectivity index (χ3v) is 3.11. The van der Waals surface area contributed by atoms with Crippen molar-refractivity contribution in [3.8, 4) is 0 Å². The summed E-state index contributed by atoms with van der Waals surface area (Å²) in [5.74, 6) is -0.857. The summed E-state index contributed by atoms with van der Waals surface area (Å²) in [6, 6.07) is 2.27. The highest BCUT2D eigenvalue weighted by molar-refractivity contribution is 5.85. The second-order valence-corrected chi connectivity index (χ2v) is 5.13. The van der Waals surface area contributed by atoms with Gasteiger partial charge in [-0.1, -0.05) is 19.0 Å². The van der Waals surface area contributed by atoms with Gasteiger partial charge in [0.2, 0.25) is 0 Å². The van der Waals surface area contributed by atoms with Gasteiger partial charge in [-0.15, -0.1) is 0 Å². The summed E-state index contributed by atoms with van der Waals surface area (Å²) in [6.45, 7) is 5.48. The fourth-order valence-corrected chi connectivity index (χ4v) is 1.55. The van der Waals surface area contributed by atoms with Crippen LogP contribution in [-0.2, 0) is 0 Å². The first kappa shape index (κ1) is 15.2. The summed E-state index contributed by atoms with van der Waals surface area (Å²) in [4.78, 5) is 0. The number of rotatable bonds is 5. The van der Waals surface area contributed by atoms with Crippen LogP contribution in [0.3, 0.4) is 0 Å². The summed E-state index contributed by atoms with van der Waals surface area (Å²) in [5, 5.41) is 14.4. The number of halogens is 2. The van der Waals surface area contributed by atoms with Crippen LogP contribution in [0.25, 0.3) is 0 Å². The number of hydrogen-bond donors (Lipinski definition) is 3. The van der Waals surface area contributed by atoms with Gasteiger partial charge in [0, 0.05) is 18.0 Å². The summed E-state index contributed by atoms with van der Waals surface area (Å²) in [7, 11) is 0. The van der Waals surface area contributed by atoms with E-state index < -0.39 is 17.0 Å². The van der Waals surface area contributed by atoms with Crippen LogP contribution in [0.2, 0.25) is 0 Å². The Hall–Kier alpha value is -1.85. The Balaban J connectivity index is 2.66. The van der Waals surface area contributed by atoms with E-state index in [4.69, 9.17) is 10.9 Å². The van der Waals surface area contributed by atoms with E-state index in [1.54, 1.807) is 13.8 Å². The molecule has 6 heteroatoms. The van der Waals surface area contributed by atoms with E-state index in [0.29, 0.717) is 13.0 Å². The van der Waals surface area contributed by atoms with Gasteiger partial charge in [0.25, 0.3) is 0 Å². The summed E-state index contributed by atoms with van der Waals surface area (Å²) in [6.07, 6.45) is 0.512. The van der Waals surface area contributed by atoms with E-state index >= 15 is 0 Å². The van der Waals surface area contributed by atoms with Crippen molar-refractivity contribution in [3.63, 3.8) is 0 Å². The van der Waals surface area contributed by atoms with Crippen LogP contribution < -0.4 is 11.1 Å². The third-order valence-electron chi connectivity index (χ3n) is 3.11. The van der Waals surface area contributed by atoms with Gasteiger partial charge in [-0.25, -0.2) is 8.78 Å². The Kier molecular flexibility index (Phi) is 4.69. The molecule has 0 amide bonds. The number of anilines is 1. The number of nitrogens with one attached hydrogen (secondary N) is 1. The Morgan fingerprint density at radius 3 is 2.58 bits per heavy atom. The van der Waals surface area contributed by atoms with Crippen molar-refractivity contribution in [2.24, 2.45) is 16.3 Å². The van der Waals surface area contributed by atoms with Crippen LogP contribution in [0, 0.1) is 24.0 Å². The predicted molar refractivity (Wildman–Crippen MR) is 71.4 cm³/mol. The summed E-state index contributed by atoms with van der Waals surface area (Å²) in [5.41, 5.74) is 5.39. The molecule has 19 heavy (non-hydrogen) atoms. The maximum atomic E-state index is 13.6. The molecule has 1 rings (SSSR count). The van der Waals surface area contributed by atoms with E-state index in [1.807, 2.05) is 0 Å². The molecule has 0 aliphatic rings. The first-order valence-corrected chi connectivity index (χ1v) is 5.95. The first-order valence-electron chi connectivity index (χ1n) is 5.95. The molecule has 4 nitrogen and oxygen atoms in total. The van der Waals surface area contributed by atoms with E-state index in [1.165, 1.54) is 6.92 Å². The predicted octanol–water partition coefficient (Wildman–Crippen LogP) is 2.85. The molecule has 0 heterocycles. The lowest BCUT2D eigenvalue weighted by atomic mass is 9.88. The molecular weight excluding hydrogens is 252 g/mol. The number of amidine groups is 1. The molecule has 1 aromatic rings. The summed E-state index contributed by atoms with van der Waals surface area (Å²) < 4.78 is 26.9. The average molecular weight is 271 g/mol. The van der Waals surface area contributed by atoms with Crippen LogP contribution in [0.5, 0.6) is 0 Å². The lowest BCUT2D eigenvalue weighted by molar-refractivity contribution is 0.306. The number of hydrogen-bond acceptors (Lipinski definition) is 3. The van der Waals surface area contributed by atoms with E-state index in [-0.39, 0.29) is 17.1 Å². The molecule has 0 aromatic heterocycles. The highest BCUT2D eigenvalue weighted by Crippen LogP contribution is 2.22. The average Bonchev–Trinajstić information content (AvgIpc) is 2.34. The van der Waals surface area contributed by atoms with Gasteiger partial charge in [0.1, 0.15) is 17.5 Å². The fraction of sp³-hybridized carbons (Fsp3) is 0.462. The van der Waals surface area contributed by atoms with E-state index in [2.05, 4.69) is 10.5 Å². The summed E-state index contributed by atoms with van der Waals surface area (Å²) >= 11 is 0. The molecule has 0 fully saturated rings. The van der Waals surface area contributed by atoms with Gasteiger partial charge in [-0.05, 0) is 25.0 Å². The Labute approximate surface area is 111 Å². The molecule has 4 N–H and O–H groups in total. The molecule has 0 bridgehead atoms. The smallest absolute Gasteiger partial charge is 0.146 e. The van der Waals surface area contributed by atoms with Gasteiger partial charge in [-0.3, -0.25) is 0 Å². The number of aryl methyl sites for hydroxylation is 1. The Morgan fingerprint density at radius 1 is 1.37 bits per heavy atom. The van der Waals surface area contributed by atoms with Gasteiger partial charge in [-0.2, -0.15) is 0 Å². The molecule has 106 valence electrons. The topological polar surface area (TPSA) is 70.6 Å². The van der Waals surface area contributed by atoms with Crippen molar-refractivity contribution in [1.29, 1.82) is 0 Å². The van der Waals surface area contributed by atoms with Gasteiger partial charge in [0.05, 0.1) is 5.69 Å². The minimum atomic E-state index is -0.526. The van der Waals surface area contributed by atoms with Gasteiger partial charge in [0.15, 0.2) is 0 Å². The van der Waals surface area contributed by atoms with Crippen LogP contribution in [0.1, 0.15) is 25.8 Å². The zero-order valence-electron chi connectivity index (χ0n) is 11.3.